The zero-order valence-corrected chi connectivity index (χ0v) is 7.84. The number of aryl methyl sites for hydroxylation is 1. The average Bonchev–Trinajstić information content (AvgIpc) is 2.04. The molecule has 1 aromatic rings. The second kappa shape index (κ2) is 4.35. The minimum Gasteiger partial charge on any atom is -0.387 e. The van der Waals surface area contributed by atoms with Gasteiger partial charge in [-0.25, -0.2) is 4.39 Å². The van der Waals surface area contributed by atoms with E-state index in [9.17, 15) is 9.50 Å². The average molecular weight is 183 g/mol. The van der Waals surface area contributed by atoms with Gasteiger partial charge < -0.3 is 10.4 Å². The molecule has 0 heterocycles. The van der Waals surface area contributed by atoms with Crippen molar-refractivity contribution in [3.8, 4) is 0 Å². The van der Waals surface area contributed by atoms with Crippen molar-refractivity contribution in [2.24, 2.45) is 0 Å². The maximum absolute atomic E-state index is 13.2. The monoisotopic (exact) mass is 183 g/mol. The highest BCUT2D eigenvalue weighted by Gasteiger charge is 2.10. The summed E-state index contributed by atoms with van der Waals surface area (Å²) in [6.45, 7) is 2.18. The number of aliphatic hydroxyl groups excluding tert-OH is 1. The molecule has 0 amide bonds. The largest absolute Gasteiger partial charge is 0.387 e. The van der Waals surface area contributed by atoms with Gasteiger partial charge in [-0.05, 0) is 25.6 Å². The van der Waals surface area contributed by atoms with Crippen LogP contribution in [0.2, 0.25) is 0 Å². The molecule has 1 aromatic carbocycles. The molecule has 0 aliphatic rings. The first kappa shape index (κ1) is 10.2. The Kier molecular flexibility index (Phi) is 3.39. The van der Waals surface area contributed by atoms with Gasteiger partial charge in [0.05, 0.1) is 6.10 Å². The van der Waals surface area contributed by atoms with Crippen molar-refractivity contribution in [2.75, 3.05) is 13.6 Å². The highest BCUT2D eigenvalue weighted by Crippen LogP contribution is 2.17. The first-order chi connectivity index (χ1) is 6.15. The fraction of sp³-hybridized carbons (Fsp3) is 0.400. The van der Waals surface area contributed by atoms with Crippen LogP contribution >= 0.6 is 0 Å². The van der Waals surface area contributed by atoms with Crippen LogP contribution in [0.5, 0.6) is 0 Å². The molecule has 0 saturated heterocycles. The van der Waals surface area contributed by atoms with Gasteiger partial charge in [0.15, 0.2) is 0 Å². The van der Waals surface area contributed by atoms with Gasteiger partial charge in [0.2, 0.25) is 0 Å². The number of rotatable bonds is 3. The van der Waals surface area contributed by atoms with Crippen molar-refractivity contribution in [1.29, 1.82) is 0 Å². The van der Waals surface area contributed by atoms with Gasteiger partial charge in [0, 0.05) is 12.1 Å². The molecule has 0 aliphatic carbocycles. The molecule has 0 bridgehead atoms. The lowest BCUT2D eigenvalue weighted by Crippen LogP contribution is -2.17. The summed E-state index contributed by atoms with van der Waals surface area (Å²) in [6.07, 6.45) is -0.773. The molecule has 2 N–H and O–H groups in total. The van der Waals surface area contributed by atoms with E-state index in [2.05, 4.69) is 5.32 Å². The van der Waals surface area contributed by atoms with Crippen LogP contribution < -0.4 is 5.32 Å². The van der Waals surface area contributed by atoms with Crippen molar-refractivity contribution in [3.63, 3.8) is 0 Å². The van der Waals surface area contributed by atoms with Crippen LogP contribution in [0.25, 0.3) is 0 Å². The van der Waals surface area contributed by atoms with Crippen molar-refractivity contribution in [2.45, 2.75) is 13.0 Å². The summed E-state index contributed by atoms with van der Waals surface area (Å²) in [4.78, 5) is 0. The number of halogens is 1. The van der Waals surface area contributed by atoms with Crippen LogP contribution in [-0.4, -0.2) is 18.7 Å². The van der Waals surface area contributed by atoms with Crippen LogP contribution in [0.1, 0.15) is 17.2 Å². The molecule has 3 heteroatoms. The molecule has 0 radical (unpaired) electrons. The van der Waals surface area contributed by atoms with E-state index in [1.165, 1.54) is 6.07 Å². The van der Waals surface area contributed by atoms with Gasteiger partial charge in [-0.3, -0.25) is 0 Å². The topological polar surface area (TPSA) is 32.3 Å². The minimum atomic E-state index is -0.773. The summed E-state index contributed by atoms with van der Waals surface area (Å²) < 4.78 is 13.2. The third kappa shape index (κ3) is 2.50. The molecule has 1 atom stereocenters. The van der Waals surface area contributed by atoms with E-state index < -0.39 is 6.10 Å². The van der Waals surface area contributed by atoms with E-state index in [-0.39, 0.29) is 5.82 Å². The van der Waals surface area contributed by atoms with Crippen LogP contribution in [0.3, 0.4) is 0 Å². The first-order valence-electron chi connectivity index (χ1n) is 4.24. The summed E-state index contributed by atoms with van der Waals surface area (Å²) in [5.74, 6) is -0.345. The summed E-state index contributed by atoms with van der Waals surface area (Å²) in [7, 11) is 1.72. The van der Waals surface area contributed by atoms with E-state index in [1.807, 2.05) is 6.92 Å². The Morgan fingerprint density at radius 3 is 2.77 bits per heavy atom. The number of hydrogen-bond acceptors (Lipinski definition) is 2. The molecule has 0 spiro atoms. The molecule has 0 aliphatic heterocycles. The Morgan fingerprint density at radius 1 is 1.54 bits per heavy atom. The fourth-order valence-electron chi connectivity index (χ4n) is 1.21. The van der Waals surface area contributed by atoms with Crippen LogP contribution in [-0.2, 0) is 0 Å². The second-order valence-corrected chi connectivity index (χ2v) is 3.10. The molecule has 0 fully saturated rings. The van der Waals surface area contributed by atoms with E-state index in [4.69, 9.17) is 0 Å². The van der Waals surface area contributed by atoms with E-state index in [0.29, 0.717) is 12.1 Å². The van der Waals surface area contributed by atoms with Crippen molar-refractivity contribution >= 4 is 0 Å². The number of aliphatic hydroxyl groups is 1. The molecule has 1 unspecified atom stereocenters. The lowest BCUT2D eigenvalue weighted by atomic mass is 10.1. The Labute approximate surface area is 77.4 Å². The van der Waals surface area contributed by atoms with Crippen LogP contribution in [0.15, 0.2) is 18.2 Å². The third-order valence-corrected chi connectivity index (χ3v) is 1.91. The zero-order chi connectivity index (χ0) is 9.84. The Bertz CT molecular complexity index is 288. The summed E-state index contributed by atoms with van der Waals surface area (Å²) >= 11 is 0. The minimum absolute atomic E-state index is 0.345. The Balaban J connectivity index is 2.88. The van der Waals surface area contributed by atoms with Crippen LogP contribution in [0, 0.1) is 12.7 Å². The van der Waals surface area contributed by atoms with E-state index in [0.717, 1.165) is 5.56 Å². The SMILES string of the molecule is CNCC(O)c1ccc(C)cc1F. The molecule has 2 nitrogen and oxygen atoms in total. The number of hydrogen-bond donors (Lipinski definition) is 2. The predicted octanol–water partition coefficient (Wildman–Crippen LogP) is 1.39. The van der Waals surface area contributed by atoms with Crippen LogP contribution in [0.4, 0.5) is 4.39 Å². The van der Waals surface area contributed by atoms with Gasteiger partial charge in [-0.1, -0.05) is 12.1 Å². The number of benzene rings is 1. The van der Waals surface area contributed by atoms with Crippen molar-refractivity contribution < 1.29 is 9.50 Å². The maximum atomic E-state index is 13.2. The maximum Gasteiger partial charge on any atom is 0.129 e. The summed E-state index contributed by atoms with van der Waals surface area (Å²) in [5.41, 5.74) is 1.21. The normalized spacial score (nSPS) is 12.9. The van der Waals surface area contributed by atoms with Crippen molar-refractivity contribution in [1.82, 2.24) is 5.32 Å². The molecule has 72 valence electrons. The second-order valence-electron chi connectivity index (χ2n) is 3.10. The standard InChI is InChI=1S/C10H14FNO/c1-7-3-4-8(9(11)5-7)10(13)6-12-2/h3-5,10,12-13H,6H2,1-2H3. The smallest absolute Gasteiger partial charge is 0.129 e. The molecule has 0 saturated carbocycles. The molecule has 1 rings (SSSR count). The number of likely N-dealkylation sites (N-methyl/N-ethyl adjacent to an activating group) is 1. The van der Waals surface area contributed by atoms with Gasteiger partial charge >= 0.3 is 0 Å². The first-order valence-corrected chi connectivity index (χ1v) is 4.24. The van der Waals surface area contributed by atoms with Gasteiger partial charge in [0.25, 0.3) is 0 Å². The van der Waals surface area contributed by atoms with Crippen molar-refractivity contribution in [3.05, 3.63) is 35.1 Å². The molecule has 13 heavy (non-hydrogen) atoms. The Morgan fingerprint density at radius 2 is 2.23 bits per heavy atom. The van der Waals surface area contributed by atoms with Gasteiger partial charge in [0.1, 0.15) is 5.82 Å². The highest BCUT2D eigenvalue weighted by atomic mass is 19.1. The zero-order valence-electron chi connectivity index (χ0n) is 7.84. The highest BCUT2D eigenvalue weighted by molar-refractivity contribution is 5.25. The summed E-state index contributed by atoms with van der Waals surface area (Å²) in [6, 6.07) is 4.83. The lowest BCUT2D eigenvalue weighted by molar-refractivity contribution is 0.173. The summed E-state index contributed by atoms with van der Waals surface area (Å²) in [5, 5.41) is 12.3. The quantitative estimate of drug-likeness (QED) is 0.742. The van der Waals surface area contributed by atoms with E-state index >= 15 is 0 Å². The van der Waals surface area contributed by atoms with Gasteiger partial charge in [-0.15, -0.1) is 0 Å². The lowest BCUT2D eigenvalue weighted by Gasteiger charge is -2.11. The molecule has 0 aromatic heterocycles. The molecular formula is C10H14FNO. The van der Waals surface area contributed by atoms with Gasteiger partial charge in [-0.2, -0.15) is 0 Å². The number of nitrogens with one attached hydrogen (secondary N) is 1. The predicted molar refractivity (Wildman–Crippen MR) is 50.0 cm³/mol. The van der Waals surface area contributed by atoms with E-state index in [1.54, 1.807) is 19.2 Å². The third-order valence-electron chi connectivity index (χ3n) is 1.91. The molecular weight excluding hydrogens is 169 g/mol. The fourth-order valence-corrected chi connectivity index (χ4v) is 1.21. The Hall–Kier alpha value is -0.930.